The zero-order valence-electron chi connectivity index (χ0n) is 9.40. The summed E-state index contributed by atoms with van der Waals surface area (Å²) in [7, 11) is -3.36. The molecule has 90 valence electrons. The van der Waals surface area contributed by atoms with E-state index < -0.39 is 10.0 Å². The Balaban J connectivity index is 2.75. The van der Waals surface area contributed by atoms with Crippen molar-refractivity contribution in [3.8, 4) is 0 Å². The number of hydrogen-bond donors (Lipinski definition) is 1. The van der Waals surface area contributed by atoms with Crippen molar-refractivity contribution in [2.75, 3.05) is 6.54 Å². The van der Waals surface area contributed by atoms with Crippen LogP contribution in [0.25, 0.3) is 0 Å². The van der Waals surface area contributed by atoms with Crippen LogP contribution in [0.15, 0.2) is 29.2 Å². The van der Waals surface area contributed by atoms with Gasteiger partial charge in [0.2, 0.25) is 10.0 Å². The summed E-state index contributed by atoms with van der Waals surface area (Å²) in [5, 5.41) is 0. The summed E-state index contributed by atoms with van der Waals surface area (Å²) in [5.74, 6) is 0. The average Bonchev–Trinajstić information content (AvgIpc) is 2.17. The summed E-state index contributed by atoms with van der Waals surface area (Å²) in [5.41, 5.74) is 0.766. The molecule has 1 rings (SSSR count). The van der Waals surface area contributed by atoms with Gasteiger partial charge in [-0.1, -0.05) is 41.1 Å². The molecule has 3 nitrogen and oxygen atoms in total. The number of benzene rings is 1. The molecule has 1 N–H and O–H groups in total. The van der Waals surface area contributed by atoms with Crippen molar-refractivity contribution in [2.45, 2.75) is 30.0 Å². The maximum Gasteiger partial charge on any atom is 0.240 e. The maximum absolute atomic E-state index is 11.9. The van der Waals surface area contributed by atoms with Crippen LogP contribution in [0.1, 0.15) is 18.9 Å². The molecular formula is C11H16BrNO2S. The third-order valence-corrected chi connectivity index (χ3v) is 4.30. The summed E-state index contributed by atoms with van der Waals surface area (Å²) in [6, 6.07) is 6.97. The van der Waals surface area contributed by atoms with Crippen molar-refractivity contribution < 1.29 is 8.42 Å². The second-order valence-corrected chi connectivity index (χ2v) is 7.03. The van der Waals surface area contributed by atoms with Crippen LogP contribution in [0, 0.1) is 6.92 Å². The van der Waals surface area contributed by atoms with Gasteiger partial charge in [0.1, 0.15) is 0 Å². The van der Waals surface area contributed by atoms with Gasteiger partial charge in [-0.2, -0.15) is 0 Å². The van der Waals surface area contributed by atoms with Crippen molar-refractivity contribution in [1.29, 1.82) is 0 Å². The molecule has 0 heterocycles. The minimum absolute atomic E-state index is 0.312. The Morgan fingerprint density at radius 2 is 2.00 bits per heavy atom. The van der Waals surface area contributed by atoms with E-state index in [1.807, 2.05) is 13.0 Å². The van der Waals surface area contributed by atoms with Crippen LogP contribution in [0.2, 0.25) is 0 Å². The SMILES string of the molecule is Cc1ccccc1S(=O)(=O)NCCC(C)Br. The standard InChI is InChI=1S/C11H16BrNO2S/c1-9-5-3-4-6-11(9)16(14,15)13-8-7-10(2)12/h3-6,10,13H,7-8H2,1-2H3. The Hall–Kier alpha value is -0.390. The molecule has 1 unspecified atom stereocenters. The number of aryl methyl sites for hydroxylation is 1. The summed E-state index contributed by atoms with van der Waals surface area (Å²) in [6.07, 6.45) is 0.769. The van der Waals surface area contributed by atoms with Crippen molar-refractivity contribution in [3.05, 3.63) is 29.8 Å². The average molecular weight is 306 g/mol. The van der Waals surface area contributed by atoms with Gasteiger partial charge in [0.15, 0.2) is 0 Å². The molecule has 0 aliphatic heterocycles. The number of alkyl halides is 1. The molecule has 0 radical (unpaired) electrons. The summed E-state index contributed by atoms with van der Waals surface area (Å²) < 4.78 is 26.4. The van der Waals surface area contributed by atoms with Gasteiger partial charge in [0, 0.05) is 11.4 Å². The maximum atomic E-state index is 11.9. The fourth-order valence-electron chi connectivity index (χ4n) is 1.33. The third-order valence-electron chi connectivity index (χ3n) is 2.22. The lowest BCUT2D eigenvalue weighted by molar-refractivity contribution is 0.578. The van der Waals surface area contributed by atoms with E-state index in [0.717, 1.165) is 12.0 Å². The minimum atomic E-state index is -3.36. The Morgan fingerprint density at radius 1 is 1.38 bits per heavy atom. The van der Waals surface area contributed by atoms with E-state index in [4.69, 9.17) is 0 Å². The normalized spacial score (nSPS) is 13.7. The first-order valence-corrected chi connectivity index (χ1v) is 7.53. The molecule has 16 heavy (non-hydrogen) atoms. The molecule has 0 aliphatic carbocycles. The van der Waals surface area contributed by atoms with E-state index in [2.05, 4.69) is 20.7 Å². The number of nitrogens with one attached hydrogen (secondary N) is 1. The largest absolute Gasteiger partial charge is 0.240 e. The van der Waals surface area contributed by atoms with Crippen molar-refractivity contribution >= 4 is 26.0 Å². The van der Waals surface area contributed by atoms with E-state index in [-0.39, 0.29) is 0 Å². The lowest BCUT2D eigenvalue weighted by Crippen LogP contribution is -2.26. The van der Waals surface area contributed by atoms with Crippen molar-refractivity contribution in [2.24, 2.45) is 0 Å². The minimum Gasteiger partial charge on any atom is -0.211 e. The van der Waals surface area contributed by atoms with Gasteiger partial charge in [-0.05, 0) is 25.0 Å². The smallest absolute Gasteiger partial charge is 0.211 e. The van der Waals surface area contributed by atoms with E-state index in [1.54, 1.807) is 25.1 Å². The molecule has 0 fully saturated rings. The topological polar surface area (TPSA) is 46.2 Å². The van der Waals surface area contributed by atoms with Gasteiger partial charge in [-0.3, -0.25) is 0 Å². The van der Waals surface area contributed by atoms with E-state index in [1.165, 1.54) is 0 Å². The van der Waals surface area contributed by atoms with Crippen molar-refractivity contribution in [1.82, 2.24) is 4.72 Å². The number of halogens is 1. The molecule has 1 atom stereocenters. The first kappa shape index (κ1) is 13.7. The summed E-state index contributed by atoms with van der Waals surface area (Å²) in [4.78, 5) is 0.671. The zero-order chi connectivity index (χ0) is 12.2. The quantitative estimate of drug-likeness (QED) is 0.849. The molecule has 1 aromatic rings. The lowest BCUT2D eigenvalue weighted by Gasteiger charge is -2.09. The molecule has 0 amide bonds. The van der Waals surface area contributed by atoms with Crippen LogP contribution in [-0.4, -0.2) is 19.8 Å². The van der Waals surface area contributed by atoms with Gasteiger partial charge in [-0.25, -0.2) is 13.1 Å². The monoisotopic (exact) mass is 305 g/mol. The fraction of sp³-hybridized carbons (Fsp3) is 0.455. The predicted octanol–water partition coefficient (Wildman–Crippen LogP) is 2.45. The number of rotatable bonds is 5. The first-order chi connectivity index (χ1) is 7.43. The molecule has 1 aromatic carbocycles. The van der Waals surface area contributed by atoms with E-state index >= 15 is 0 Å². The Morgan fingerprint density at radius 3 is 2.56 bits per heavy atom. The highest BCUT2D eigenvalue weighted by molar-refractivity contribution is 9.09. The van der Waals surface area contributed by atoms with Crippen LogP contribution in [0.5, 0.6) is 0 Å². The Labute approximate surface area is 105 Å². The van der Waals surface area contributed by atoms with Crippen LogP contribution >= 0.6 is 15.9 Å². The number of sulfonamides is 1. The second-order valence-electron chi connectivity index (χ2n) is 3.73. The van der Waals surface area contributed by atoms with Crippen LogP contribution in [0.4, 0.5) is 0 Å². The Kier molecular flexibility index (Phi) is 4.95. The Bertz CT molecular complexity index is 443. The molecule has 0 saturated carbocycles. The van der Waals surface area contributed by atoms with Gasteiger partial charge < -0.3 is 0 Å². The molecule has 0 spiro atoms. The third kappa shape index (κ3) is 3.88. The molecule has 5 heteroatoms. The fourth-order valence-corrected chi connectivity index (χ4v) is 2.85. The zero-order valence-corrected chi connectivity index (χ0v) is 11.8. The van der Waals surface area contributed by atoms with E-state index in [9.17, 15) is 8.42 Å². The highest BCUT2D eigenvalue weighted by Crippen LogP contribution is 2.13. The van der Waals surface area contributed by atoms with Gasteiger partial charge in [0.05, 0.1) is 4.90 Å². The molecule has 0 aromatic heterocycles. The van der Waals surface area contributed by atoms with E-state index in [0.29, 0.717) is 16.3 Å². The van der Waals surface area contributed by atoms with Crippen LogP contribution < -0.4 is 4.72 Å². The van der Waals surface area contributed by atoms with Gasteiger partial charge in [0.25, 0.3) is 0 Å². The molecule has 0 bridgehead atoms. The highest BCUT2D eigenvalue weighted by atomic mass is 79.9. The van der Waals surface area contributed by atoms with Crippen molar-refractivity contribution in [3.63, 3.8) is 0 Å². The van der Waals surface area contributed by atoms with Gasteiger partial charge >= 0.3 is 0 Å². The second kappa shape index (κ2) is 5.80. The predicted molar refractivity (Wildman–Crippen MR) is 69.4 cm³/mol. The summed E-state index contributed by atoms with van der Waals surface area (Å²) >= 11 is 3.38. The van der Waals surface area contributed by atoms with Gasteiger partial charge in [-0.15, -0.1) is 0 Å². The summed E-state index contributed by atoms with van der Waals surface area (Å²) in [6.45, 7) is 4.23. The van der Waals surface area contributed by atoms with Crippen LogP contribution in [-0.2, 0) is 10.0 Å². The molecule has 0 aliphatic rings. The molecular weight excluding hydrogens is 290 g/mol. The highest BCUT2D eigenvalue weighted by Gasteiger charge is 2.15. The number of hydrogen-bond acceptors (Lipinski definition) is 2. The van der Waals surface area contributed by atoms with Crippen LogP contribution in [0.3, 0.4) is 0 Å². The first-order valence-electron chi connectivity index (χ1n) is 5.13. The molecule has 0 saturated heterocycles. The lowest BCUT2D eigenvalue weighted by atomic mass is 10.2.